The summed E-state index contributed by atoms with van der Waals surface area (Å²) in [5.41, 5.74) is 1.32. The summed E-state index contributed by atoms with van der Waals surface area (Å²) in [7, 11) is 0. The van der Waals surface area contributed by atoms with Gasteiger partial charge in [-0.25, -0.2) is 0 Å². The second-order valence-electron chi connectivity index (χ2n) is 4.20. The van der Waals surface area contributed by atoms with Gasteiger partial charge in [-0.3, -0.25) is 4.79 Å². The maximum absolute atomic E-state index is 10.9. The van der Waals surface area contributed by atoms with E-state index >= 15 is 0 Å². The Balaban J connectivity index is 2.25. The molecule has 0 fully saturated rings. The molecule has 17 heavy (non-hydrogen) atoms. The van der Waals surface area contributed by atoms with E-state index in [1.54, 1.807) is 6.08 Å². The minimum atomic E-state index is -0.720. The molecule has 0 aliphatic rings. The van der Waals surface area contributed by atoms with Crippen LogP contribution in [0, 0.1) is 5.92 Å². The molecule has 0 amide bonds. The van der Waals surface area contributed by atoms with Crippen LogP contribution in [0.5, 0.6) is 0 Å². The Hall–Kier alpha value is -1.57. The lowest BCUT2D eigenvalue weighted by Crippen LogP contribution is -2.10. The highest BCUT2D eigenvalue weighted by atomic mass is 16.4. The molecular weight excluding hydrogens is 212 g/mol. The third-order valence-corrected chi connectivity index (χ3v) is 2.82. The summed E-state index contributed by atoms with van der Waals surface area (Å²) in [6.45, 7) is 1.86. The van der Waals surface area contributed by atoms with Crippen molar-refractivity contribution in [1.29, 1.82) is 0 Å². The molecular formula is C15H20O2. The van der Waals surface area contributed by atoms with E-state index < -0.39 is 5.97 Å². The Labute approximate surface area is 103 Å². The van der Waals surface area contributed by atoms with Crippen molar-refractivity contribution >= 4 is 5.97 Å². The minimum Gasteiger partial charge on any atom is -0.481 e. The number of carbonyl (C=O) groups is 1. The average molecular weight is 232 g/mol. The maximum Gasteiger partial charge on any atom is 0.310 e. The van der Waals surface area contributed by atoms with Gasteiger partial charge in [0.25, 0.3) is 0 Å². The first-order valence-electron chi connectivity index (χ1n) is 6.13. The average Bonchev–Trinajstić information content (AvgIpc) is 2.34. The molecule has 2 nitrogen and oxygen atoms in total. The zero-order valence-electron chi connectivity index (χ0n) is 10.3. The lowest BCUT2D eigenvalue weighted by atomic mass is 9.99. The summed E-state index contributed by atoms with van der Waals surface area (Å²) in [4.78, 5) is 10.9. The quantitative estimate of drug-likeness (QED) is 0.575. The number of aliphatic carboxylic acids is 1. The molecule has 0 bridgehead atoms. The van der Waals surface area contributed by atoms with Gasteiger partial charge in [0.15, 0.2) is 0 Å². The number of carboxylic acid groups (broad SMARTS) is 1. The molecule has 0 aromatic heterocycles. The number of hydrogen-bond donors (Lipinski definition) is 1. The van der Waals surface area contributed by atoms with E-state index in [4.69, 9.17) is 5.11 Å². The third kappa shape index (κ3) is 5.34. The Bertz CT molecular complexity index is 354. The predicted molar refractivity (Wildman–Crippen MR) is 69.9 cm³/mol. The Morgan fingerprint density at radius 2 is 2.00 bits per heavy atom. The highest BCUT2D eigenvalue weighted by Gasteiger charge is 2.12. The summed E-state index contributed by atoms with van der Waals surface area (Å²) in [5, 5.41) is 8.97. The summed E-state index contributed by atoms with van der Waals surface area (Å²) < 4.78 is 0. The van der Waals surface area contributed by atoms with Gasteiger partial charge in [-0.1, -0.05) is 48.9 Å². The monoisotopic (exact) mass is 232 g/mol. The van der Waals surface area contributed by atoms with E-state index in [1.807, 2.05) is 31.2 Å². The number of carboxylic acids is 1. The SMILES string of the molecule is CC=CC(CCCCc1ccccc1)C(=O)O. The van der Waals surface area contributed by atoms with E-state index in [-0.39, 0.29) is 5.92 Å². The van der Waals surface area contributed by atoms with Gasteiger partial charge in [-0.2, -0.15) is 0 Å². The molecule has 2 heteroatoms. The summed E-state index contributed by atoms with van der Waals surface area (Å²) >= 11 is 0. The molecule has 1 aromatic rings. The van der Waals surface area contributed by atoms with Gasteiger partial charge in [-0.05, 0) is 31.7 Å². The number of hydrogen-bond acceptors (Lipinski definition) is 1. The van der Waals surface area contributed by atoms with Crippen molar-refractivity contribution in [1.82, 2.24) is 0 Å². The van der Waals surface area contributed by atoms with Crippen LogP contribution in [0.15, 0.2) is 42.5 Å². The molecule has 0 saturated heterocycles. The van der Waals surface area contributed by atoms with Crippen molar-refractivity contribution in [2.24, 2.45) is 5.92 Å². The summed E-state index contributed by atoms with van der Waals surface area (Å²) in [5.74, 6) is -1.04. The fourth-order valence-electron chi connectivity index (χ4n) is 1.87. The van der Waals surface area contributed by atoms with Crippen LogP contribution in [0.25, 0.3) is 0 Å². The first-order valence-corrected chi connectivity index (χ1v) is 6.13. The largest absolute Gasteiger partial charge is 0.481 e. The molecule has 1 rings (SSSR count). The predicted octanol–water partition coefficient (Wildman–Crippen LogP) is 3.68. The fraction of sp³-hybridized carbons (Fsp3) is 0.400. The highest BCUT2D eigenvalue weighted by Crippen LogP contribution is 2.13. The van der Waals surface area contributed by atoms with E-state index in [0.29, 0.717) is 0 Å². The first kappa shape index (κ1) is 13.5. The van der Waals surface area contributed by atoms with Gasteiger partial charge in [0.2, 0.25) is 0 Å². The van der Waals surface area contributed by atoms with Crippen molar-refractivity contribution < 1.29 is 9.90 Å². The molecule has 1 aromatic carbocycles. The van der Waals surface area contributed by atoms with Gasteiger partial charge in [0.1, 0.15) is 0 Å². The second kappa shape index (κ2) is 7.66. The van der Waals surface area contributed by atoms with Crippen molar-refractivity contribution in [2.45, 2.75) is 32.6 Å². The molecule has 0 aliphatic heterocycles. The van der Waals surface area contributed by atoms with Crippen LogP contribution in [-0.2, 0) is 11.2 Å². The summed E-state index contributed by atoms with van der Waals surface area (Å²) in [6, 6.07) is 10.3. The van der Waals surface area contributed by atoms with Crippen LogP contribution in [0.4, 0.5) is 0 Å². The molecule has 1 unspecified atom stereocenters. The van der Waals surface area contributed by atoms with E-state index in [9.17, 15) is 4.79 Å². The van der Waals surface area contributed by atoms with E-state index in [0.717, 1.165) is 25.7 Å². The van der Waals surface area contributed by atoms with Gasteiger partial charge in [-0.15, -0.1) is 0 Å². The van der Waals surface area contributed by atoms with E-state index in [2.05, 4.69) is 12.1 Å². The maximum atomic E-state index is 10.9. The third-order valence-electron chi connectivity index (χ3n) is 2.82. The van der Waals surface area contributed by atoms with Crippen LogP contribution in [0.3, 0.4) is 0 Å². The molecule has 0 saturated carbocycles. The fourth-order valence-corrected chi connectivity index (χ4v) is 1.87. The van der Waals surface area contributed by atoms with Crippen molar-refractivity contribution in [2.75, 3.05) is 0 Å². The van der Waals surface area contributed by atoms with Gasteiger partial charge in [0, 0.05) is 0 Å². The molecule has 0 heterocycles. The minimum absolute atomic E-state index is 0.323. The smallest absolute Gasteiger partial charge is 0.310 e. The highest BCUT2D eigenvalue weighted by molar-refractivity contribution is 5.71. The molecule has 92 valence electrons. The van der Waals surface area contributed by atoms with Gasteiger partial charge < -0.3 is 5.11 Å². The number of rotatable bonds is 7. The van der Waals surface area contributed by atoms with Crippen molar-refractivity contribution in [3.8, 4) is 0 Å². The normalized spacial score (nSPS) is 12.8. The second-order valence-corrected chi connectivity index (χ2v) is 4.20. The Kier molecular flexibility index (Phi) is 6.08. The topological polar surface area (TPSA) is 37.3 Å². The van der Waals surface area contributed by atoms with Crippen LogP contribution in [0.2, 0.25) is 0 Å². The Morgan fingerprint density at radius 1 is 1.29 bits per heavy atom. The van der Waals surface area contributed by atoms with Crippen molar-refractivity contribution in [3.63, 3.8) is 0 Å². The molecule has 1 atom stereocenters. The number of aryl methyl sites for hydroxylation is 1. The zero-order valence-corrected chi connectivity index (χ0v) is 10.3. The van der Waals surface area contributed by atoms with Crippen molar-refractivity contribution in [3.05, 3.63) is 48.0 Å². The standard InChI is InChI=1S/C15H20O2/c1-2-8-14(15(16)17)12-7-6-11-13-9-4-3-5-10-13/h2-5,8-10,14H,6-7,11-12H2,1H3,(H,16,17). The van der Waals surface area contributed by atoms with E-state index in [1.165, 1.54) is 5.56 Å². The van der Waals surface area contributed by atoms with Crippen LogP contribution < -0.4 is 0 Å². The zero-order chi connectivity index (χ0) is 12.5. The molecule has 0 spiro atoms. The van der Waals surface area contributed by atoms with Crippen LogP contribution >= 0.6 is 0 Å². The lowest BCUT2D eigenvalue weighted by Gasteiger charge is -2.07. The number of benzene rings is 1. The molecule has 0 radical (unpaired) electrons. The summed E-state index contributed by atoms with van der Waals surface area (Å²) in [6.07, 6.45) is 7.35. The lowest BCUT2D eigenvalue weighted by molar-refractivity contribution is -0.140. The molecule has 0 aliphatic carbocycles. The van der Waals surface area contributed by atoms with Gasteiger partial charge in [0.05, 0.1) is 5.92 Å². The number of unbranched alkanes of at least 4 members (excludes halogenated alkanes) is 1. The van der Waals surface area contributed by atoms with Crippen LogP contribution in [0.1, 0.15) is 31.7 Å². The molecule has 1 N–H and O–H groups in total. The van der Waals surface area contributed by atoms with Gasteiger partial charge >= 0.3 is 5.97 Å². The van der Waals surface area contributed by atoms with Crippen LogP contribution in [-0.4, -0.2) is 11.1 Å². The number of allylic oxidation sites excluding steroid dienone is 1. The Morgan fingerprint density at radius 3 is 2.59 bits per heavy atom. The first-order chi connectivity index (χ1) is 8.24.